The van der Waals surface area contributed by atoms with Gasteiger partial charge >= 0.3 is 5.97 Å². The van der Waals surface area contributed by atoms with Gasteiger partial charge in [-0.1, -0.05) is 57.2 Å². The highest BCUT2D eigenvalue weighted by Crippen LogP contribution is 2.27. The van der Waals surface area contributed by atoms with Crippen LogP contribution in [-0.2, 0) is 5.41 Å². The normalized spacial score (nSPS) is 11.5. The Morgan fingerprint density at radius 2 is 1.71 bits per heavy atom. The number of hydrogen-bond donors (Lipinski definition) is 2. The topological polar surface area (TPSA) is 66.0 Å². The van der Waals surface area contributed by atoms with Gasteiger partial charge in [0, 0.05) is 5.56 Å². The highest BCUT2D eigenvalue weighted by Gasteiger charge is 2.14. The fourth-order valence-electron chi connectivity index (χ4n) is 2.58. The SMILES string of the molecule is CC(C)(C)c1ccc(-c2cc(-c3cccc(C(=O)O)c3)n[nH]2)cc1. The van der Waals surface area contributed by atoms with E-state index >= 15 is 0 Å². The maximum Gasteiger partial charge on any atom is 0.335 e. The van der Waals surface area contributed by atoms with Crippen molar-refractivity contribution in [1.29, 1.82) is 0 Å². The first-order valence-corrected chi connectivity index (χ1v) is 7.85. The van der Waals surface area contributed by atoms with E-state index in [1.807, 2.05) is 12.1 Å². The molecule has 4 heteroatoms. The van der Waals surface area contributed by atoms with Gasteiger partial charge in [-0.15, -0.1) is 0 Å². The van der Waals surface area contributed by atoms with Gasteiger partial charge in [0.05, 0.1) is 17.0 Å². The maximum absolute atomic E-state index is 11.1. The van der Waals surface area contributed by atoms with Crippen LogP contribution in [0.5, 0.6) is 0 Å². The van der Waals surface area contributed by atoms with Crippen molar-refractivity contribution in [3.8, 4) is 22.5 Å². The van der Waals surface area contributed by atoms with Gasteiger partial charge in [0.2, 0.25) is 0 Å². The van der Waals surface area contributed by atoms with E-state index in [0.717, 1.165) is 22.5 Å². The highest BCUT2D eigenvalue weighted by molar-refractivity contribution is 5.89. The number of hydrogen-bond acceptors (Lipinski definition) is 2. The van der Waals surface area contributed by atoms with Crippen molar-refractivity contribution >= 4 is 5.97 Å². The van der Waals surface area contributed by atoms with Gasteiger partial charge in [0.1, 0.15) is 0 Å². The summed E-state index contributed by atoms with van der Waals surface area (Å²) >= 11 is 0. The van der Waals surface area contributed by atoms with Gasteiger partial charge in [-0.25, -0.2) is 4.79 Å². The quantitative estimate of drug-likeness (QED) is 0.732. The minimum absolute atomic E-state index is 0.120. The zero-order valence-electron chi connectivity index (χ0n) is 14.0. The molecule has 2 aromatic carbocycles. The Morgan fingerprint density at radius 1 is 1.00 bits per heavy atom. The zero-order valence-corrected chi connectivity index (χ0v) is 14.0. The summed E-state index contributed by atoms with van der Waals surface area (Å²) in [5.41, 5.74) is 5.13. The molecule has 0 atom stereocenters. The fourth-order valence-corrected chi connectivity index (χ4v) is 2.58. The molecule has 0 unspecified atom stereocenters. The summed E-state index contributed by atoms with van der Waals surface area (Å²) in [6, 6.07) is 17.1. The van der Waals surface area contributed by atoms with Crippen molar-refractivity contribution in [3.05, 3.63) is 65.7 Å². The Balaban J connectivity index is 1.91. The van der Waals surface area contributed by atoms with Gasteiger partial charge in [-0.05, 0) is 34.7 Å². The number of carbonyl (C=O) groups is 1. The largest absolute Gasteiger partial charge is 0.478 e. The lowest BCUT2D eigenvalue weighted by atomic mass is 9.86. The van der Waals surface area contributed by atoms with Crippen LogP contribution >= 0.6 is 0 Å². The molecule has 3 aromatic rings. The van der Waals surface area contributed by atoms with E-state index in [9.17, 15) is 4.79 Å². The van der Waals surface area contributed by atoms with E-state index < -0.39 is 5.97 Å². The molecular weight excluding hydrogens is 300 g/mol. The number of aromatic amines is 1. The van der Waals surface area contributed by atoms with E-state index in [1.165, 1.54) is 5.56 Å². The van der Waals surface area contributed by atoms with Crippen LogP contribution in [0.3, 0.4) is 0 Å². The number of benzene rings is 2. The highest BCUT2D eigenvalue weighted by atomic mass is 16.4. The van der Waals surface area contributed by atoms with Crippen LogP contribution in [0.15, 0.2) is 54.6 Å². The molecule has 1 aromatic heterocycles. The molecule has 0 aliphatic carbocycles. The Hall–Kier alpha value is -2.88. The molecular formula is C20H20N2O2. The predicted octanol–water partition coefficient (Wildman–Crippen LogP) is 4.74. The van der Waals surface area contributed by atoms with Crippen molar-refractivity contribution in [3.63, 3.8) is 0 Å². The van der Waals surface area contributed by atoms with Gasteiger partial charge < -0.3 is 5.11 Å². The summed E-state index contributed by atoms with van der Waals surface area (Å²) in [6.45, 7) is 6.56. The first kappa shape index (κ1) is 16.0. The molecule has 0 bridgehead atoms. The maximum atomic E-state index is 11.1. The lowest BCUT2D eigenvalue weighted by Crippen LogP contribution is -2.10. The average molecular weight is 320 g/mol. The van der Waals surface area contributed by atoms with Crippen LogP contribution in [-0.4, -0.2) is 21.3 Å². The molecule has 0 amide bonds. The number of H-pyrrole nitrogens is 1. The average Bonchev–Trinajstić information content (AvgIpc) is 3.04. The molecule has 0 spiro atoms. The van der Waals surface area contributed by atoms with Crippen molar-refractivity contribution in [2.24, 2.45) is 0 Å². The molecule has 0 aliphatic heterocycles. The van der Waals surface area contributed by atoms with E-state index in [2.05, 4.69) is 55.2 Å². The molecule has 122 valence electrons. The molecule has 0 radical (unpaired) electrons. The van der Waals surface area contributed by atoms with Crippen molar-refractivity contribution < 1.29 is 9.90 Å². The number of rotatable bonds is 3. The first-order valence-electron chi connectivity index (χ1n) is 7.85. The van der Waals surface area contributed by atoms with Crippen LogP contribution in [0.25, 0.3) is 22.5 Å². The molecule has 0 fully saturated rings. The second kappa shape index (κ2) is 5.96. The summed E-state index contributed by atoms with van der Waals surface area (Å²) in [7, 11) is 0. The Labute approximate surface area is 141 Å². The summed E-state index contributed by atoms with van der Waals surface area (Å²) in [6.07, 6.45) is 0. The Kier molecular flexibility index (Phi) is 3.97. The molecule has 24 heavy (non-hydrogen) atoms. The lowest BCUT2D eigenvalue weighted by molar-refractivity contribution is 0.0697. The van der Waals surface area contributed by atoms with E-state index in [1.54, 1.807) is 18.2 Å². The monoisotopic (exact) mass is 320 g/mol. The molecule has 0 saturated heterocycles. The van der Waals surface area contributed by atoms with E-state index in [0.29, 0.717) is 0 Å². The third kappa shape index (κ3) is 3.23. The Morgan fingerprint density at radius 3 is 2.33 bits per heavy atom. The Bertz CT molecular complexity index is 871. The van der Waals surface area contributed by atoms with Gasteiger partial charge in [0.15, 0.2) is 0 Å². The standard InChI is InChI=1S/C20H20N2O2/c1-20(2,3)16-9-7-13(8-10-16)17-12-18(22-21-17)14-5-4-6-15(11-14)19(23)24/h4-12H,1-3H3,(H,21,22)(H,23,24). The number of aromatic carboxylic acids is 1. The number of aromatic nitrogens is 2. The predicted molar refractivity (Wildman–Crippen MR) is 95.1 cm³/mol. The minimum atomic E-state index is -0.939. The molecule has 1 heterocycles. The molecule has 0 saturated carbocycles. The summed E-state index contributed by atoms with van der Waals surface area (Å²) in [5.74, 6) is -0.939. The van der Waals surface area contributed by atoms with E-state index in [-0.39, 0.29) is 11.0 Å². The summed E-state index contributed by atoms with van der Waals surface area (Å²) in [5, 5.41) is 16.4. The molecule has 2 N–H and O–H groups in total. The third-order valence-corrected chi connectivity index (χ3v) is 4.05. The van der Waals surface area contributed by atoms with Crippen LogP contribution in [0, 0.1) is 0 Å². The second-order valence-corrected chi connectivity index (χ2v) is 6.88. The summed E-state index contributed by atoms with van der Waals surface area (Å²) in [4.78, 5) is 11.1. The van der Waals surface area contributed by atoms with Crippen molar-refractivity contribution in [2.45, 2.75) is 26.2 Å². The lowest BCUT2D eigenvalue weighted by Gasteiger charge is -2.18. The number of nitrogens with zero attached hydrogens (tertiary/aromatic N) is 1. The van der Waals surface area contributed by atoms with Crippen LogP contribution in [0.1, 0.15) is 36.7 Å². The number of nitrogens with one attached hydrogen (secondary N) is 1. The van der Waals surface area contributed by atoms with E-state index in [4.69, 9.17) is 5.11 Å². The van der Waals surface area contributed by atoms with Gasteiger partial charge in [-0.3, -0.25) is 5.10 Å². The number of carboxylic acids is 1. The summed E-state index contributed by atoms with van der Waals surface area (Å²) < 4.78 is 0. The third-order valence-electron chi connectivity index (χ3n) is 4.05. The van der Waals surface area contributed by atoms with Crippen molar-refractivity contribution in [2.75, 3.05) is 0 Å². The van der Waals surface area contributed by atoms with Crippen LogP contribution in [0.4, 0.5) is 0 Å². The molecule has 3 rings (SSSR count). The van der Waals surface area contributed by atoms with Crippen molar-refractivity contribution in [1.82, 2.24) is 10.2 Å². The van der Waals surface area contributed by atoms with Crippen LogP contribution < -0.4 is 0 Å². The van der Waals surface area contributed by atoms with Crippen LogP contribution in [0.2, 0.25) is 0 Å². The second-order valence-electron chi connectivity index (χ2n) is 6.88. The fraction of sp³-hybridized carbons (Fsp3) is 0.200. The van der Waals surface area contributed by atoms with Gasteiger partial charge in [-0.2, -0.15) is 5.10 Å². The van der Waals surface area contributed by atoms with Gasteiger partial charge in [0.25, 0.3) is 0 Å². The first-order chi connectivity index (χ1) is 11.3. The smallest absolute Gasteiger partial charge is 0.335 e. The number of carboxylic acid groups (broad SMARTS) is 1. The molecule has 4 nitrogen and oxygen atoms in total. The molecule has 0 aliphatic rings. The zero-order chi connectivity index (χ0) is 17.3. The minimum Gasteiger partial charge on any atom is -0.478 e.